The Morgan fingerprint density at radius 1 is 1.39 bits per heavy atom. The van der Waals surface area contributed by atoms with Crippen molar-refractivity contribution in [3.05, 3.63) is 61.8 Å². The molecule has 1 unspecified atom stereocenters. The number of aliphatic hydroxyl groups is 1. The van der Waals surface area contributed by atoms with E-state index in [0.29, 0.717) is 16.2 Å². The minimum Gasteiger partial charge on any atom is -0.396 e. The van der Waals surface area contributed by atoms with E-state index >= 15 is 0 Å². The number of aryl methyl sites for hydroxylation is 1. The van der Waals surface area contributed by atoms with Gasteiger partial charge in [0, 0.05) is 19.7 Å². The van der Waals surface area contributed by atoms with Crippen LogP contribution in [-0.4, -0.2) is 34.5 Å². The number of hydrogen-bond acceptors (Lipinski definition) is 5. The maximum atomic E-state index is 12.7. The van der Waals surface area contributed by atoms with Crippen LogP contribution in [0.2, 0.25) is 0 Å². The molecule has 0 saturated heterocycles. The zero-order chi connectivity index (χ0) is 17.0. The summed E-state index contributed by atoms with van der Waals surface area (Å²) in [4.78, 5) is 25.5. The Hall–Kier alpha value is -2.25. The summed E-state index contributed by atoms with van der Waals surface area (Å²) in [5, 5.41) is 20.2. The molecule has 1 aromatic carbocycles. The second-order valence-corrected chi connectivity index (χ2v) is 6.42. The van der Waals surface area contributed by atoms with Crippen LogP contribution in [0.5, 0.6) is 0 Å². The maximum absolute atomic E-state index is 12.7. The number of hydrogen-bond donors (Lipinski definition) is 1. The first kappa shape index (κ1) is 17.1. The number of thiophene rings is 1. The van der Waals surface area contributed by atoms with Crippen molar-refractivity contribution in [2.45, 2.75) is 19.4 Å². The third-order valence-corrected chi connectivity index (χ3v) is 4.70. The van der Waals surface area contributed by atoms with Crippen molar-refractivity contribution in [1.82, 2.24) is 4.90 Å². The lowest BCUT2D eigenvalue weighted by Crippen LogP contribution is -2.31. The van der Waals surface area contributed by atoms with Crippen molar-refractivity contribution in [2.75, 3.05) is 13.7 Å². The summed E-state index contributed by atoms with van der Waals surface area (Å²) in [6.45, 7) is 1.57. The molecule has 2 rings (SSSR count). The van der Waals surface area contributed by atoms with Gasteiger partial charge in [0.1, 0.15) is 0 Å². The van der Waals surface area contributed by atoms with Crippen LogP contribution in [0.25, 0.3) is 0 Å². The zero-order valence-corrected chi connectivity index (χ0v) is 13.7. The van der Waals surface area contributed by atoms with Gasteiger partial charge in [0.2, 0.25) is 0 Å². The molecular formula is C16H18N2O4S. The van der Waals surface area contributed by atoms with Crippen molar-refractivity contribution in [3.63, 3.8) is 0 Å². The number of benzene rings is 1. The van der Waals surface area contributed by atoms with E-state index in [9.17, 15) is 20.0 Å². The molecule has 6 nitrogen and oxygen atoms in total. The van der Waals surface area contributed by atoms with Crippen molar-refractivity contribution >= 4 is 22.9 Å². The normalized spacial score (nSPS) is 12.0. The van der Waals surface area contributed by atoms with Crippen molar-refractivity contribution < 1.29 is 14.8 Å². The van der Waals surface area contributed by atoms with Gasteiger partial charge < -0.3 is 10.0 Å². The number of nitrogens with zero attached hydrogens (tertiary/aromatic N) is 2. The SMILES string of the molecule is Cc1sc(C(=O)N(C)C(CCO)c2ccccc2)cc1[N+](=O)[O-]. The molecule has 0 spiro atoms. The molecule has 1 amide bonds. The highest BCUT2D eigenvalue weighted by Gasteiger charge is 2.26. The van der Waals surface area contributed by atoms with Gasteiger partial charge in [0.05, 0.1) is 20.7 Å². The zero-order valence-electron chi connectivity index (χ0n) is 12.9. The average molecular weight is 334 g/mol. The van der Waals surface area contributed by atoms with Crippen LogP contribution in [-0.2, 0) is 0 Å². The van der Waals surface area contributed by atoms with E-state index in [1.807, 2.05) is 30.3 Å². The summed E-state index contributed by atoms with van der Waals surface area (Å²) in [7, 11) is 1.65. The molecular weight excluding hydrogens is 316 g/mol. The summed E-state index contributed by atoms with van der Waals surface area (Å²) in [6, 6.07) is 10.5. The summed E-state index contributed by atoms with van der Waals surface area (Å²) >= 11 is 1.11. The van der Waals surface area contributed by atoms with E-state index in [1.54, 1.807) is 14.0 Å². The van der Waals surface area contributed by atoms with E-state index in [4.69, 9.17) is 0 Å². The Morgan fingerprint density at radius 2 is 2.04 bits per heavy atom. The van der Waals surface area contributed by atoms with Gasteiger partial charge in [-0.15, -0.1) is 11.3 Å². The largest absolute Gasteiger partial charge is 0.396 e. The number of amides is 1. The van der Waals surface area contributed by atoms with Gasteiger partial charge in [-0.05, 0) is 18.9 Å². The fraction of sp³-hybridized carbons (Fsp3) is 0.312. The third-order valence-electron chi connectivity index (χ3n) is 3.67. The lowest BCUT2D eigenvalue weighted by Gasteiger charge is -2.27. The summed E-state index contributed by atoms with van der Waals surface area (Å²) < 4.78 is 0. The molecule has 2 aromatic rings. The van der Waals surface area contributed by atoms with Crippen molar-refractivity contribution in [3.8, 4) is 0 Å². The smallest absolute Gasteiger partial charge is 0.283 e. The Morgan fingerprint density at radius 3 is 2.57 bits per heavy atom. The first-order valence-corrected chi connectivity index (χ1v) is 7.95. The average Bonchev–Trinajstić information content (AvgIpc) is 2.94. The van der Waals surface area contributed by atoms with Crippen LogP contribution in [0.3, 0.4) is 0 Å². The second kappa shape index (κ2) is 7.34. The molecule has 0 radical (unpaired) electrons. The molecule has 0 aliphatic carbocycles. The molecule has 1 N–H and O–H groups in total. The van der Waals surface area contributed by atoms with Crippen LogP contribution < -0.4 is 0 Å². The van der Waals surface area contributed by atoms with Crippen LogP contribution in [0.15, 0.2) is 36.4 Å². The minimum atomic E-state index is -0.481. The molecule has 0 fully saturated rings. The monoisotopic (exact) mass is 334 g/mol. The fourth-order valence-electron chi connectivity index (χ4n) is 2.46. The summed E-state index contributed by atoms with van der Waals surface area (Å²) in [5.74, 6) is -0.284. The lowest BCUT2D eigenvalue weighted by atomic mass is 10.0. The van der Waals surface area contributed by atoms with Crippen LogP contribution in [0.4, 0.5) is 5.69 Å². The van der Waals surface area contributed by atoms with E-state index in [-0.39, 0.29) is 24.2 Å². The number of carbonyl (C=O) groups is 1. The Balaban J connectivity index is 2.29. The Kier molecular flexibility index (Phi) is 5.46. The topological polar surface area (TPSA) is 83.7 Å². The van der Waals surface area contributed by atoms with Gasteiger partial charge in [0.25, 0.3) is 11.6 Å². The fourth-order valence-corrected chi connectivity index (χ4v) is 3.43. The molecule has 0 saturated carbocycles. The summed E-state index contributed by atoms with van der Waals surface area (Å²) in [5.41, 5.74) is 0.880. The third kappa shape index (κ3) is 3.75. The van der Waals surface area contributed by atoms with E-state index < -0.39 is 4.92 Å². The van der Waals surface area contributed by atoms with Crippen molar-refractivity contribution in [2.24, 2.45) is 0 Å². The van der Waals surface area contributed by atoms with Gasteiger partial charge in [-0.1, -0.05) is 30.3 Å². The molecule has 23 heavy (non-hydrogen) atoms. The first-order valence-electron chi connectivity index (χ1n) is 7.13. The predicted molar refractivity (Wildman–Crippen MR) is 88.7 cm³/mol. The van der Waals surface area contributed by atoms with Gasteiger partial charge >= 0.3 is 0 Å². The number of nitro groups is 1. The highest BCUT2D eigenvalue weighted by Crippen LogP contribution is 2.31. The molecule has 1 atom stereocenters. The standard InChI is InChI=1S/C16H18N2O4S/c1-11-14(18(21)22)10-15(23-11)16(20)17(2)13(8-9-19)12-6-4-3-5-7-12/h3-7,10,13,19H,8-9H2,1-2H3. The molecule has 0 bridgehead atoms. The van der Waals surface area contributed by atoms with Crippen molar-refractivity contribution in [1.29, 1.82) is 0 Å². The quantitative estimate of drug-likeness (QED) is 0.649. The van der Waals surface area contributed by atoms with Gasteiger partial charge in [-0.3, -0.25) is 14.9 Å². The highest BCUT2D eigenvalue weighted by atomic mass is 32.1. The second-order valence-electron chi connectivity index (χ2n) is 5.16. The highest BCUT2D eigenvalue weighted by molar-refractivity contribution is 7.14. The maximum Gasteiger partial charge on any atom is 0.283 e. The lowest BCUT2D eigenvalue weighted by molar-refractivity contribution is -0.385. The van der Waals surface area contributed by atoms with Gasteiger partial charge in [-0.25, -0.2) is 0 Å². The predicted octanol–water partition coefficient (Wildman–Crippen LogP) is 3.16. The number of rotatable bonds is 6. The van der Waals surface area contributed by atoms with Crippen LogP contribution >= 0.6 is 11.3 Å². The Labute approximate surface area is 138 Å². The molecule has 122 valence electrons. The summed E-state index contributed by atoms with van der Waals surface area (Å²) in [6.07, 6.45) is 0.401. The van der Waals surface area contributed by atoms with Crippen LogP contribution in [0.1, 0.15) is 32.6 Å². The first-order chi connectivity index (χ1) is 11.0. The molecule has 0 aliphatic rings. The molecule has 0 aliphatic heterocycles. The minimum absolute atomic E-state index is 0.0369. The Bertz CT molecular complexity index is 699. The number of carbonyl (C=O) groups excluding carboxylic acids is 1. The van der Waals surface area contributed by atoms with Gasteiger partial charge in [0.15, 0.2) is 0 Å². The van der Waals surface area contributed by atoms with E-state index in [0.717, 1.165) is 16.9 Å². The van der Waals surface area contributed by atoms with E-state index in [1.165, 1.54) is 11.0 Å². The molecule has 1 aromatic heterocycles. The molecule has 1 heterocycles. The van der Waals surface area contributed by atoms with Gasteiger partial charge in [-0.2, -0.15) is 0 Å². The van der Waals surface area contributed by atoms with Crippen LogP contribution in [0, 0.1) is 17.0 Å². The van der Waals surface area contributed by atoms with E-state index in [2.05, 4.69) is 0 Å². The number of aliphatic hydroxyl groups excluding tert-OH is 1. The molecule has 7 heteroatoms.